The fourth-order valence-corrected chi connectivity index (χ4v) is 2.98. The van der Waals surface area contributed by atoms with Crippen molar-refractivity contribution in [2.75, 3.05) is 13.1 Å². The molecule has 1 saturated heterocycles. The van der Waals surface area contributed by atoms with E-state index < -0.39 is 0 Å². The van der Waals surface area contributed by atoms with Crippen molar-refractivity contribution in [3.63, 3.8) is 0 Å². The molecule has 1 heterocycles. The van der Waals surface area contributed by atoms with E-state index in [1.165, 1.54) is 19.4 Å². The minimum atomic E-state index is -0.310. The van der Waals surface area contributed by atoms with E-state index in [1.54, 1.807) is 0 Å². The van der Waals surface area contributed by atoms with Crippen LogP contribution in [0.5, 0.6) is 0 Å². The number of hydrogen-bond donors (Lipinski definition) is 1. The van der Waals surface area contributed by atoms with Crippen molar-refractivity contribution in [2.24, 2.45) is 11.8 Å². The molecule has 0 aromatic rings. The monoisotopic (exact) mass is 211 g/mol. The molecule has 0 radical (unpaired) electrons. The Morgan fingerprint density at radius 3 is 2.53 bits per heavy atom. The lowest BCUT2D eigenvalue weighted by molar-refractivity contribution is -0.01000. The zero-order chi connectivity index (χ0) is 11.1. The van der Waals surface area contributed by atoms with Gasteiger partial charge in [0.15, 0.2) is 0 Å². The van der Waals surface area contributed by atoms with Crippen LogP contribution in [0.25, 0.3) is 0 Å². The molecule has 1 aliphatic carbocycles. The maximum absolute atomic E-state index is 10.3. The molecule has 2 nitrogen and oxygen atoms in total. The van der Waals surface area contributed by atoms with Gasteiger partial charge >= 0.3 is 0 Å². The highest BCUT2D eigenvalue weighted by Crippen LogP contribution is 2.44. The molecule has 15 heavy (non-hydrogen) atoms. The largest absolute Gasteiger partial charge is 0.388 e. The van der Waals surface area contributed by atoms with Gasteiger partial charge in [-0.25, -0.2) is 0 Å². The lowest BCUT2D eigenvalue weighted by Crippen LogP contribution is -2.51. The first-order valence-electron chi connectivity index (χ1n) is 6.48. The molecule has 2 aliphatic rings. The maximum atomic E-state index is 10.3. The van der Waals surface area contributed by atoms with E-state index in [0.717, 1.165) is 25.3 Å². The summed E-state index contributed by atoms with van der Waals surface area (Å²) in [5.41, 5.74) is -0.310. The summed E-state index contributed by atoms with van der Waals surface area (Å²) in [5, 5.41) is 10.3. The summed E-state index contributed by atoms with van der Waals surface area (Å²) < 4.78 is 0. The van der Waals surface area contributed by atoms with E-state index in [1.807, 2.05) is 0 Å². The van der Waals surface area contributed by atoms with Gasteiger partial charge in [0.05, 0.1) is 5.60 Å². The van der Waals surface area contributed by atoms with Crippen molar-refractivity contribution in [1.82, 2.24) is 4.90 Å². The number of nitrogens with zero attached hydrogens (tertiary/aromatic N) is 1. The number of aliphatic hydroxyl groups is 1. The SMILES string of the molecule is CC(C)CN1C[C@H](C)CC[C@@H]1C1(O)CC1. The van der Waals surface area contributed by atoms with Crippen LogP contribution in [0.3, 0.4) is 0 Å². The molecule has 1 saturated carbocycles. The van der Waals surface area contributed by atoms with Crippen LogP contribution in [-0.4, -0.2) is 34.7 Å². The van der Waals surface area contributed by atoms with Crippen LogP contribution in [0.2, 0.25) is 0 Å². The first-order valence-corrected chi connectivity index (χ1v) is 6.48. The van der Waals surface area contributed by atoms with Crippen molar-refractivity contribution in [3.05, 3.63) is 0 Å². The molecule has 1 aliphatic heterocycles. The smallest absolute Gasteiger partial charge is 0.0804 e. The Labute approximate surface area is 93.7 Å². The van der Waals surface area contributed by atoms with Crippen LogP contribution in [-0.2, 0) is 0 Å². The summed E-state index contributed by atoms with van der Waals surface area (Å²) in [6.07, 6.45) is 4.55. The molecular weight excluding hydrogens is 186 g/mol. The van der Waals surface area contributed by atoms with Gasteiger partial charge in [-0.05, 0) is 37.5 Å². The Balaban J connectivity index is 2.00. The van der Waals surface area contributed by atoms with Crippen molar-refractivity contribution in [3.8, 4) is 0 Å². The summed E-state index contributed by atoms with van der Waals surface area (Å²) in [6.45, 7) is 9.21. The van der Waals surface area contributed by atoms with Gasteiger partial charge in [0, 0.05) is 19.1 Å². The summed E-state index contributed by atoms with van der Waals surface area (Å²) in [5.74, 6) is 1.52. The topological polar surface area (TPSA) is 23.5 Å². The van der Waals surface area contributed by atoms with E-state index >= 15 is 0 Å². The fraction of sp³-hybridized carbons (Fsp3) is 1.00. The lowest BCUT2D eigenvalue weighted by Gasteiger charge is -2.42. The number of piperidine rings is 1. The van der Waals surface area contributed by atoms with E-state index in [2.05, 4.69) is 25.7 Å². The van der Waals surface area contributed by atoms with Crippen LogP contribution in [0, 0.1) is 11.8 Å². The number of rotatable bonds is 3. The maximum Gasteiger partial charge on any atom is 0.0804 e. The highest BCUT2D eigenvalue weighted by atomic mass is 16.3. The number of likely N-dealkylation sites (tertiary alicyclic amines) is 1. The highest BCUT2D eigenvalue weighted by Gasteiger charge is 2.50. The Morgan fingerprint density at radius 1 is 1.33 bits per heavy atom. The van der Waals surface area contributed by atoms with Crippen molar-refractivity contribution in [1.29, 1.82) is 0 Å². The third-order valence-electron chi connectivity index (χ3n) is 3.90. The van der Waals surface area contributed by atoms with Crippen LogP contribution in [0.1, 0.15) is 46.5 Å². The number of hydrogen-bond acceptors (Lipinski definition) is 2. The third kappa shape index (κ3) is 2.54. The average Bonchev–Trinajstić information content (AvgIpc) is 2.83. The molecule has 0 spiro atoms. The van der Waals surface area contributed by atoms with E-state index in [-0.39, 0.29) is 5.60 Å². The first-order chi connectivity index (χ1) is 7.01. The van der Waals surface area contributed by atoms with Gasteiger partial charge in [-0.3, -0.25) is 4.90 Å². The Morgan fingerprint density at radius 2 is 2.00 bits per heavy atom. The van der Waals surface area contributed by atoms with Crippen molar-refractivity contribution >= 4 is 0 Å². The standard InChI is InChI=1S/C13H25NO/c1-10(2)8-14-9-11(3)4-5-12(14)13(15)6-7-13/h10-12,15H,4-9H2,1-3H3/t11-,12-/m1/s1. The van der Waals surface area contributed by atoms with E-state index in [9.17, 15) is 5.11 Å². The molecule has 88 valence electrons. The van der Waals surface area contributed by atoms with Crippen molar-refractivity contribution < 1.29 is 5.11 Å². The van der Waals surface area contributed by atoms with Crippen LogP contribution < -0.4 is 0 Å². The summed E-state index contributed by atoms with van der Waals surface area (Å²) in [4.78, 5) is 2.55. The quantitative estimate of drug-likeness (QED) is 0.774. The Hall–Kier alpha value is -0.0800. The predicted molar refractivity (Wildman–Crippen MR) is 62.8 cm³/mol. The Bertz CT molecular complexity index is 221. The lowest BCUT2D eigenvalue weighted by atomic mass is 9.89. The van der Waals surface area contributed by atoms with E-state index in [0.29, 0.717) is 12.0 Å². The zero-order valence-corrected chi connectivity index (χ0v) is 10.4. The second kappa shape index (κ2) is 4.06. The molecule has 2 fully saturated rings. The molecule has 2 heteroatoms. The normalized spacial score (nSPS) is 35.8. The average molecular weight is 211 g/mol. The molecule has 0 aromatic carbocycles. The second-order valence-corrected chi connectivity index (χ2v) is 6.15. The molecule has 2 atom stereocenters. The predicted octanol–water partition coefficient (Wildman–Crippen LogP) is 2.27. The molecular formula is C13H25NO. The highest BCUT2D eigenvalue weighted by molar-refractivity contribution is 5.05. The van der Waals surface area contributed by atoms with Gasteiger partial charge in [-0.2, -0.15) is 0 Å². The van der Waals surface area contributed by atoms with Gasteiger partial charge in [0.2, 0.25) is 0 Å². The minimum Gasteiger partial charge on any atom is -0.388 e. The summed E-state index contributed by atoms with van der Waals surface area (Å²) >= 11 is 0. The Kier molecular flexibility index (Phi) is 3.09. The van der Waals surface area contributed by atoms with Gasteiger partial charge in [0.25, 0.3) is 0 Å². The van der Waals surface area contributed by atoms with Gasteiger partial charge in [-0.1, -0.05) is 20.8 Å². The van der Waals surface area contributed by atoms with Crippen LogP contribution in [0.15, 0.2) is 0 Å². The molecule has 1 N–H and O–H groups in total. The second-order valence-electron chi connectivity index (χ2n) is 6.15. The summed E-state index contributed by atoms with van der Waals surface area (Å²) in [6, 6.07) is 0.455. The van der Waals surface area contributed by atoms with Crippen LogP contribution in [0.4, 0.5) is 0 Å². The summed E-state index contributed by atoms with van der Waals surface area (Å²) in [7, 11) is 0. The molecule has 0 amide bonds. The zero-order valence-electron chi connectivity index (χ0n) is 10.4. The van der Waals surface area contributed by atoms with Gasteiger partial charge < -0.3 is 5.11 Å². The molecule has 0 unspecified atom stereocenters. The fourth-order valence-electron chi connectivity index (χ4n) is 2.98. The van der Waals surface area contributed by atoms with Gasteiger partial charge in [0.1, 0.15) is 0 Å². The minimum absolute atomic E-state index is 0.310. The van der Waals surface area contributed by atoms with Crippen molar-refractivity contribution in [2.45, 2.75) is 58.1 Å². The first kappa shape index (κ1) is 11.4. The molecule has 0 bridgehead atoms. The molecule has 2 rings (SSSR count). The molecule has 0 aromatic heterocycles. The van der Waals surface area contributed by atoms with Gasteiger partial charge in [-0.15, -0.1) is 0 Å². The van der Waals surface area contributed by atoms with E-state index in [4.69, 9.17) is 0 Å². The third-order valence-corrected chi connectivity index (χ3v) is 3.90. The van der Waals surface area contributed by atoms with Crippen LogP contribution >= 0.6 is 0 Å².